The molecule has 2 aromatic rings. The van der Waals surface area contributed by atoms with E-state index in [1.165, 1.54) is 11.1 Å². The molecule has 2 aliphatic heterocycles. The van der Waals surface area contributed by atoms with Gasteiger partial charge in [-0.3, -0.25) is 19.4 Å². The maximum absolute atomic E-state index is 13.3. The Bertz CT molecular complexity index is 1150. The van der Waals surface area contributed by atoms with Crippen molar-refractivity contribution in [3.8, 4) is 0 Å². The molecule has 0 saturated heterocycles. The van der Waals surface area contributed by atoms with Crippen LogP contribution in [0.5, 0.6) is 0 Å². The minimum absolute atomic E-state index is 0. The summed E-state index contributed by atoms with van der Waals surface area (Å²) in [5.74, 6) is -0.129. The van der Waals surface area contributed by atoms with Crippen molar-refractivity contribution >= 4 is 53.9 Å². The van der Waals surface area contributed by atoms with Crippen LogP contribution in [0.1, 0.15) is 35.6 Å². The number of rotatable bonds is 10. The molecule has 2 N–H and O–H groups in total. The number of fused-ring (bicyclic) bond motifs is 2. The monoisotopic (exact) mass is 578 g/mol. The minimum atomic E-state index is -0.131. The Morgan fingerprint density at radius 3 is 2.31 bits per heavy atom. The maximum atomic E-state index is 13.3. The number of likely N-dealkylation sites (N-methyl/N-ethyl adjacent to an activating group) is 2. The summed E-state index contributed by atoms with van der Waals surface area (Å²) in [6.07, 6.45) is 1.18. The number of benzene rings is 2. The van der Waals surface area contributed by atoms with Gasteiger partial charge >= 0.3 is 0 Å². The quantitative estimate of drug-likeness (QED) is 0.421. The molecule has 2 aliphatic rings. The lowest BCUT2D eigenvalue weighted by Crippen LogP contribution is -2.49. The number of anilines is 2. The van der Waals surface area contributed by atoms with Gasteiger partial charge in [-0.15, -0.1) is 24.8 Å². The van der Waals surface area contributed by atoms with Gasteiger partial charge in [0, 0.05) is 58.1 Å². The van der Waals surface area contributed by atoms with Crippen LogP contribution in [0.4, 0.5) is 11.4 Å². The van der Waals surface area contributed by atoms with Crippen LogP contribution in [0, 0.1) is 6.92 Å². The molecule has 11 heteroatoms. The first-order chi connectivity index (χ1) is 17.8. The molecule has 4 rings (SSSR count). The highest BCUT2D eigenvalue weighted by Crippen LogP contribution is 2.32. The number of carbonyl (C=O) groups is 3. The zero-order chi connectivity index (χ0) is 26.5. The van der Waals surface area contributed by atoms with Gasteiger partial charge in [0.05, 0.1) is 6.54 Å². The average molecular weight is 580 g/mol. The number of amides is 3. The van der Waals surface area contributed by atoms with Gasteiger partial charge in [0.1, 0.15) is 6.54 Å². The molecule has 0 spiro atoms. The van der Waals surface area contributed by atoms with E-state index in [4.69, 9.17) is 0 Å². The molecule has 0 radical (unpaired) electrons. The van der Waals surface area contributed by atoms with Crippen LogP contribution in [-0.4, -0.2) is 79.5 Å². The summed E-state index contributed by atoms with van der Waals surface area (Å²) < 4.78 is 0. The van der Waals surface area contributed by atoms with Crippen LogP contribution in [0.25, 0.3) is 0 Å². The molecular weight excluding hydrogens is 539 g/mol. The molecule has 0 bridgehead atoms. The van der Waals surface area contributed by atoms with Gasteiger partial charge in [-0.2, -0.15) is 0 Å². The second-order valence-electron chi connectivity index (χ2n) is 9.78. The molecule has 0 unspecified atom stereocenters. The van der Waals surface area contributed by atoms with E-state index in [1.54, 1.807) is 28.9 Å². The summed E-state index contributed by atoms with van der Waals surface area (Å²) in [4.78, 5) is 41.8. The first kappa shape index (κ1) is 32.4. The van der Waals surface area contributed by atoms with E-state index in [1.807, 2.05) is 43.1 Å². The van der Waals surface area contributed by atoms with E-state index >= 15 is 0 Å². The molecular formula is C28H40Cl2N6O3. The van der Waals surface area contributed by atoms with Gasteiger partial charge in [0.2, 0.25) is 11.8 Å². The predicted octanol–water partition coefficient (Wildman–Crippen LogP) is 2.99. The molecule has 39 heavy (non-hydrogen) atoms. The van der Waals surface area contributed by atoms with E-state index < -0.39 is 0 Å². The third kappa shape index (κ3) is 7.63. The van der Waals surface area contributed by atoms with Crippen LogP contribution >= 0.6 is 24.8 Å². The molecule has 0 aromatic heterocycles. The van der Waals surface area contributed by atoms with E-state index in [9.17, 15) is 14.4 Å². The molecule has 214 valence electrons. The predicted molar refractivity (Wildman–Crippen MR) is 159 cm³/mol. The second-order valence-corrected chi connectivity index (χ2v) is 9.78. The molecule has 0 atom stereocenters. The summed E-state index contributed by atoms with van der Waals surface area (Å²) in [6.45, 7) is 7.32. The van der Waals surface area contributed by atoms with Gasteiger partial charge in [0.15, 0.2) is 0 Å². The third-order valence-corrected chi connectivity index (χ3v) is 7.30. The highest BCUT2D eigenvalue weighted by atomic mass is 35.5. The van der Waals surface area contributed by atoms with Gasteiger partial charge < -0.3 is 20.4 Å². The van der Waals surface area contributed by atoms with Crippen molar-refractivity contribution in [2.75, 3.05) is 57.0 Å². The van der Waals surface area contributed by atoms with Gasteiger partial charge in [-0.1, -0.05) is 31.2 Å². The zero-order valence-corrected chi connectivity index (χ0v) is 24.8. The van der Waals surface area contributed by atoms with Crippen LogP contribution < -0.4 is 15.5 Å². The lowest BCUT2D eigenvalue weighted by molar-refractivity contribution is -0.151. The van der Waals surface area contributed by atoms with Crippen molar-refractivity contribution in [1.29, 1.82) is 0 Å². The first-order valence-electron chi connectivity index (χ1n) is 13.0. The van der Waals surface area contributed by atoms with Crippen molar-refractivity contribution in [2.24, 2.45) is 0 Å². The summed E-state index contributed by atoms with van der Waals surface area (Å²) in [5, 5.41) is 10.2. The van der Waals surface area contributed by atoms with Crippen molar-refractivity contribution in [2.45, 2.75) is 39.8 Å². The smallest absolute Gasteiger partial charge is 0.256 e. The van der Waals surface area contributed by atoms with Gasteiger partial charge in [-0.25, -0.2) is 5.01 Å². The Hall–Kier alpha value is -2.85. The number of aryl methyl sites for hydroxylation is 2. The summed E-state index contributed by atoms with van der Waals surface area (Å²) >= 11 is 0. The van der Waals surface area contributed by atoms with E-state index in [0.29, 0.717) is 39.0 Å². The molecule has 0 fully saturated rings. The third-order valence-electron chi connectivity index (χ3n) is 7.30. The number of hydrazine groups is 1. The van der Waals surface area contributed by atoms with Gasteiger partial charge in [-0.05, 0) is 54.3 Å². The molecule has 0 saturated carbocycles. The Morgan fingerprint density at radius 2 is 1.67 bits per heavy atom. The first-order valence-corrected chi connectivity index (χ1v) is 13.0. The largest absolute Gasteiger partial charge is 0.376 e. The number of carbonyl (C=O) groups excluding carboxylic acids is 3. The normalized spacial score (nSPS) is 14.1. The topological polar surface area (TPSA) is 88.2 Å². The van der Waals surface area contributed by atoms with Crippen molar-refractivity contribution in [1.82, 2.24) is 20.2 Å². The maximum Gasteiger partial charge on any atom is 0.256 e. The summed E-state index contributed by atoms with van der Waals surface area (Å²) in [6, 6.07) is 12.2. The summed E-state index contributed by atoms with van der Waals surface area (Å²) in [5.41, 5.74) is 6.31. The number of hydrogen-bond acceptors (Lipinski definition) is 6. The van der Waals surface area contributed by atoms with Crippen LogP contribution in [0.15, 0.2) is 36.4 Å². The van der Waals surface area contributed by atoms with Crippen LogP contribution in [0.2, 0.25) is 0 Å². The number of nitrogens with one attached hydrogen (secondary N) is 2. The Balaban J connectivity index is 0.00000267. The Kier molecular flexibility index (Phi) is 12.0. The average Bonchev–Trinajstić information content (AvgIpc) is 3.33. The van der Waals surface area contributed by atoms with Crippen LogP contribution in [-0.2, 0) is 33.9 Å². The van der Waals surface area contributed by atoms with Crippen molar-refractivity contribution < 1.29 is 14.4 Å². The van der Waals surface area contributed by atoms with E-state index in [0.717, 1.165) is 29.0 Å². The molecule has 0 aliphatic carbocycles. The lowest BCUT2D eigenvalue weighted by Gasteiger charge is -2.31. The molecule has 2 aromatic carbocycles. The summed E-state index contributed by atoms with van der Waals surface area (Å²) in [7, 11) is 3.57. The zero-order valence-electron chi connectivity index (χ0n) is 23.2. The fourth-order valence-corrected chi connectivity index (χ4v) is 4.90. The molecule has 2 heterocycles. The fourth-order valence-electron chi connectivity index (χ4n) is 4.90. The SMILES string of the molecule is CCNCCN(CC(=O)N(C)N1Cc2ccccc2C1)C(=O)CNc1cc2c(cc1C)N(C)C(=O)CC2.Cl.Cl. The number of hydrogen-bond donors (Lipinski definition) is 2. The second kappa shape index (κ2) is 14.5. The van der Waals surface area contributed by atoms with Gasteiger partial charge in [0.25, 0.3) is 5.91 Å². The van der Waals surface area contributed by atoms with Crippen molar-refractivity contribution in [3.63, 3.8) is 0 Å². The number of halogens is 2. The fraction of sp³-hybridized carbons (Fsp3) is 0.464. The molecule has 3 amide bonds. The van der Waals surface area contributed by atoms with E-state index in [-0.39, 0.29) is 55.6 Å². The Labute approximate surface area is 243 Å². The Morgan fingerprint density at radius 1 is 1.00 bits per heavy atom. The van der Waals surface area contributed by atoms with Crippen LogP contribution in [0.3, 0.4) is 0 Å². The minimum Gasteiger partial charge on any atom is -0.376 e. The highest BCUT2D eigenvalue weighted by molar-refractivity contribution is 5.96. The molecule has 9 nitrogen and oxygen atoms in total. The van der Waals surface area contributed by atoms with Crippen molar-refractivity contribution in [3.05, 3.63) is 58.7 Å². The number of nitrogens with zero attached hydrogens (tertiary/aromatic N) is 4. The standard InChI is InChI=1S/C28H38N6O3.2ClH/c1-5-29-12-13-33(19-28(37)32(4)34-17-22-8-6-7-9-23(22)18-34)27(36)16-30-24-15-21-10-11-26(35)31(3)25(21)14-20(24)2;;/h6-9,14-15,29-30H,5,10-13,16-19H2,1-4H3;2*1H. The van der Waals surface area contributed by atoms with E-state index in [2.05, 4.69) is 22.8 Å². The lowest BCUT2D eigenvalue weighted by atomic mass is 9.98. The highest BCUT2D eigenvalue weighted by Gasteiger charge is 2.27.